The largest absolute Gasteiger partial charge is 0.457 e. The summed E-state index contributed by atoms with van der Waals surface area (Å²) in [6.07, 6.45) is 4.81. The van der Waals surface area contributed by atoms with E-state index in [0.717, 1.165) is 60.7 Å². The summed E-state index contributed by atoms with van der Waals surface area (Å²) in [5.74, 6) is 1.20. The first-order chi connectivity index (χ1) is 30.2. The number of amides is 5. The maximum atomic E-state index is 13.6. The average Bonchev–Trinajstić information content (AvgIpc) is 3.85. The van der Waals surface area contributed by atoms with Crippen molar-refractivity contribution in [2.24, 2.45) is 0 Å². The number of imide groups is 1. The van der Waals surface area contributed by atoms with Crippen LogP contribution in [0.3, 0.4) is 0 Å². The first kappa shape index (κ1) is 41.0. The number of aromatic nitrogens is 4. The maximum absolute atomic E-state index is 13.6. The van der Waals surface area contributed by atoms with Crippen molar-refractivity contribution in [3.63, 3.8) is 0 Å². The van der Waals surface area contributed by atoms with Crippen LogP contribution in [0.1, 0.15) is 60.5 Å². The Kier molecular flexibility index (Phi) is 11.9. The highest BCUT2D eigenvalue weighted by Gasteiger charge is 2.40. The number of nitrogens with one attached hydrogen (secondary N) is 1. The predicted molar refractivity (Wildman–Crippen MR) is 232 cm³/mol. The van der Waals surface area contributed by atoms with Crippen LogP contribution in [-0.2, 0) is 25.7 Å². The van der Waals surface area contributed by atoms with Crippen LogP contribution >= 0.6 is 11.8 Å². The number of rotatable bonds is 12. The lowest BCUT2D eigenvalue weighted by atomic mass is 10.0. The van der Waals surface area contributed by atoms with Gasteiger partial charge in [-0.1, -0.05) is 24.3 Å². The number of benzene rings is 3. The lowest BCUT2D eigenvalue weighted by Crippen LogP contribution is -2.52. The summed E-state index contributed by atoms with van der Waals surface area (Å²) in [5.41, 5.74) is 9.97. The van der Waals surface area contributed by atoms with Gasteiger partial charge >= 0.3 is 0 Å². The van der Waals surface area contributed by atoms with Crippen LogP contribution < -0.4 is 15.8 Å². The standard InChI is InChI=1S/C45H48N10O6S/c46-42-40-41(29-13-15-32(16-14-29)61-31-8-2-1-3-9-31)50-55(43(40)48-28-47-42)30-7-5-20-53(25-30)38(57)12-6-19-51-21-23-52(24-22-51)39(58)27-62-36-11-4-10-33-34(36)26-54(45(33)60)35-17-18-37(56)49-44(35)59/h1-4,8-11,13-16,28,30,35H,5-7,12,17-27H2,(H2,46,47,48)(H,49,56,59). The molecule has 3 saturated heterocycles. The Morgan fingerprint density at radius 3 is 2.44 bits per heavy atom. The number of hydrogen-bond donors (Lipinski definition) is 2. The number of likely N-dealkylation sites (tertiary alicyclic amines) is 1. The lowest BCUT2D eigenvalue weighted by molar-refractivity contribution is -0.137. The van der Waals surface area contributed by atoms with Crippen LogP contribution in [0.4, 0.5) is 5.82 Å². The van der Waals surface area contributed by atoms with Crippen molar-refractivity contribution in [3.8, 4) is 22.8 Å². The summed E-state index contributed by atoms with van der Waals surface area (Å²) in [6, 6.07) is 22.0. The van der Waals surface area contributed by atoms with Gasteiger partial charge in [-0.25, -0.2) is 14.6 Å². The molecule has 2 unspecified atom stereocenters. The second kappa shape index (κ2) is 17.9. The molecule has 2 aromatic heterocycles. The minimum Gasteiger partial charge on any atom is -0.457 e. The van der Waals surface area contributed by atoms with Crippen LogP contribution in [0.15, 0.2) is 84.0 Å². The molecule has 17 heteroatoms. The van der Waals surface area contributed by atoms with E-state index in [1.165, 1.54) is 23.0 Å². The van der Waals surface area contributed by atoms with Crippen molar-refractivity contribution >= 4 is 58.1 Å². The van der Waals surface area contributed by atoms with Crippen LogP contribution in [-0.4, -0.2) is 126 Å². The number of nitrogens with two attached hydrogens (primary N) is 1. The van der Waals surface area contributed by atoms with Gasteiger partial charge in [0.05, 0.1) is 17.2 Å². The van der Waals surface area contributed by atoms with E-state index >= 15 is 0 Å². The van der Waals surface area contributed by atoms with E-state index in [1.807, 2.05) is 75.1 Å². The van der Waals surface area contributed by atoms with Crippen molar-refractivity contribution in [1.82, 2.24) is 44.7 Å². The number of piperidine rings is 2. The quantitative estimate of drug-likeness (QED) is 0.132. The van der Waals surface area contributed by atoms with Gasteiger partial charge in [0.1, 0.15) is 35.4 Å². The fourth-order valence-corrected chi connectivity index (χ4v) is 9.88. The van der Waals surface area contributed by atoms with Crippen LogP contribution in [0.25, 0.3) is 22.3 Å². The number of anilines is 1. The third kappa shape index (κ3) is 8.59. The highest BCUT2D eigenvalue weighted by Crippen LogP contribution is 2.36. The number of fused-ring (bicyclic) bond motifs is 2. The number of hydrogen-bond acceptors (Lipinski definition) is 12. The van der Waals surface area contributed by atoms with E-state index in [1.54, 1.807) is 12.1 Å². The van der Waals surface area contributed by atoms with Crippen LogP contribution in [0.2, 0.25) is 0 Å². The second-order valence-corrected chi connectivity index (χ2v) is 17.1. The van der Waals surface area contributed by atoms with Gasteiger partial charge in [0.25, 0.3) is 5.91 Å². The van der Waals surface area contributed by atoms with Crippen LogP contribution in [0, 0.1) is 0 Å². The molecule has 0 aliphatic carbocycles. The molecule has 16 nitrogen and oxygen atoms in total. The van der Waals surface area contributed by atoms with Gasteiger partial charge in [-0.3, -0.25) is 34.2 Å². The molecule has 0 radical (unpaired) electrons. The van der Waals surface area contributed by atoms with Gasteiger partial charge in [0.15, 0.2) is 5.65 Å². The number of thioether (sulfide) groups is 1. The Hall–Kier alpha value is -6.33. The van der Waals surface area contributed by atoms with Crippen molar-refractivity contribution in [2.75, 3.05) is 57.3 Å². The molecule has 3 N–H and O–H groups in total. The number of carbonyl (C=O) groups is 5. The number of nitrogen functional groups attached to an aromatic ring is 1. The van der Waals surface area contributed by atoms with Gasteiger partial charge < -0.3 is 25.2 Å². The molecular formula is C45H48N10O6S. The minimum absolute atomic E-state index is 0.0333. The third-order valence-electron chi connectivity index (χ3n) is 12.2. The van der Waals surface area contributed by atoms with E-state index in [-0.39, 0.29) is 48.4 Å². The number of piperazine rings is 1. The molecule has 0 bridgehead atoms. The highest BCUT2D eigenvalue weighted by atomic mass is 32.2. The van der Waals surface area contributed by atoms with Gasteiger partial charge in [0.2, 0.25) is 23.6 Å². The molecule has 320 valence electrons. The monoisotopic (exact) mass is 856 g/mol. The molecule has 62 heavy (non-hydrogen) atoms. The molecule has 4 aliphatic heterocycles. The molecule has 3 aromatic carbocycles. The summed E-state index contributed by atoms with van der Waals surface area (Å²) in [6.45, 7) is 4.94. The molecule has 5 amide bonds. The summed E-state index contributed by atoms with van der Waals surface area (Å²) >= 11 is 1.41. The Bertz CT molecular complexity index is 2510. The van der Waals surface area contributed by atoms with E-state index in [4.69, 9.17) is 15.6 Å². The van der Waals surface area contributed by atoms with E-state index in [2.05, 4.69) is 20.2 Å². The third-order valence-corrected chi connectivity index (χ3v) is 13.3. The normalized spacial score (nSPS) is 19.5. The van der Waals surface area contributed by atoms with Gasteiger partial charge in [0, 0.05) is 74.7 Å². The summed E-state index contributed by atoms with van der Waals surface area (Å²) in [4.78, 5) is 81.7. The maximum Gasteiger partial charge on any atom is 0.255 e. The van der Waals surface area contributed by atoms with Crippen molar-refractivity contribution in [3.05, 3.63) is 90.3 Å². The smallest absolute Gasteiger partial charge is 0.255 e. The number of ether oxygens (including phenoxy) is 1. The minimum atomic E-state index is -0.684. The molecular weight excluding hydrogens is 809 g/mol. The zero-order valence-electron chi connectivity index (χ0n) is 34.3. The van der Waals surface area contributed by atoms with Crippen molar-refractivity contribution < 1.29 is 28.7 Å². The Labute approximate surface area is 362 Å². The fraction of sp³-hybridized carbons (Fsp3) is 0.378. The molecule has 4 aliphatic rings. The summed E-state index contributed by atoms with van der Waals surface area (Å²) in [7, 11) is 0. The summed E-state index contributed by atoms with van der Waals surface area (Å²) < 4.78 is 7.91. The molecule has 0 spiro atoms. The second-order valence-electron chi connectivity index (χ2n) is 16.1. The van der Waals surface area contributed by atoms with Crippen LogP contribution in [0.5, 0.6) is 11.5 Å². The van der Waals surface area contributed by atoms with Gasteiger partial charge in [-0.2, -0.15) is 5.10 Å². The SMILES string of the molecule is Nc1ncnc2c1c(-c1ccc(Oc3ccccc3)cc1)nn2C1CCCN(C(=O)CCCN2CCN(C(=O)CSc3cccc4c3CN(C3CCC(=O)NC3=O)C4=O)CC2)C1. The lowest BCUT2D eigenvalue weighted by Gasteiger charge is -2.35. The molecule has 0 saturated carbocycles. The predicted octanol–water partition coefficient (Wildman–Crippen LogP) is 4.51. The number of carbonyl (C=O) groups excluding carboxylic acids is 5. The van der Waals surface area contributed by atoms with Gasteiger partial charge in [-0.15, -0.1) is 11.8 Å². The molecule has 3 fully saturated rings. The number of para-hydroxylation sites is 1. The molecule has 6 heterocycles. The first-order valence-electron chi connectivity index (χ1n) is 21.2. The highest BCUT2D eigenvalue weighted by molar-refractivity contribution is 8.00. The van der Waals surface area contributed by atoms with E-state index < -0.39 is 11.9 Å². The van der Waals surface area contributed by atoms with Crippen molar-refractivity contribution in [1.29, 1.82) is 0 Å². The topological polar surface area (TPSA) is 189 Å². The Morgan fingerprint density at radius 1 is 0.855 bits per heavy atom. The van der Waals surface area contributed by atoms with E-state index in [0.29, 0.717) is 72.9 Å². The Balaban J connectivity index is 0.744. The Morgan fingerprint density at radius 2 is 1.65 bits per heavy atom. The van der Waals surface area contributed by atoms with E-state index in [9.17, 15) is 24.0 Å². The zero-order chi connectivity index (χ0) is 42.7. The van der Waals surface area contributed by atoms with Gasteiger partial charge in [-0.05, 0) is 86.3 Å². The van der Waals surface area contributed by atoms with Crippen molar-refractivity contribution in [2.45, 2.75) is 62.0 Å². The average molecular weight is 857 g/mol. The molecule has 5 aromatic rings. The molecule has 9 rings (SSSR count). The first-order valence-corrected chi connectivity index (χ1v) is 22.2. The fourth-order valence-electron chi connectivity index (χ4n) is 8.89. The number of nitrogens with zero attached hydrogens (tertiary/aromatic N) is 8. The summed E-state index contributed by atoms with van der Waals surface area (Å²) in [5, 5.41) is 8.07. The zero-order valence-corrected chi connectivity index (χ0v) is 35.1. The molecule has 2 atom stereocenters.